The number of nitrogens with zero attached hydrogens (tertiary/aromatic N) is 1. The molecule has 2 aromatic carbocycles. The highest BCUT2D eigenvalue weighted by Crippen LogP contribution is 2.20. The summed E-state index contributed by atoms with van der Waals surface area (Å²) in [5, 5.41) is 14.6. The number of aromatic hydroxyl groups is 1. The minimum atomic E-state index is -0.181. The molecule has 1 aliphatic heterocycles. The molecule has 0 aliphatic carbocycles. The smallest absolute Gasteiger partial charge is 0.273 e. The number of fused-ring (bicyclic) bond motifs is 1. The van der Waals surface area contributed by atoms with Gasteiger partial charge >= 0.3 is 0 Å². The van der Waals surface area contributed by atoms with Crippen molar-refractivity contribution in [1.29, 1.82) is 0 Å². The van der Waals surface area contributed by atoms with Gasteiger partial charge in [-0.2, -0.15) is 5.10 Å². The molecular weight excluding hydrogens is 314 g/mol. The molecule has 1 amide bonds. The Morgan fingerprint density at radius 3 is 2.64 bits per heavy atom. The third-order valence-corrected chi connectivity index (χ3v) is 4.29. The van der Waals surface area contributed by atoms with Gasteiger partial charge in [-0.15, -0.1) is 0 Å². The second-order valence-corrected chi connectivity index (χ2v) is 6.04. The fourth-order valence-corrected chi connectivity index (χ4v) is 2.96. The van der Waals surface area contributed by atoms with Gasteiger partial charge in [-0.3, -0.25) is 4.79 Å². The lowest BCUT2D eigenvalue weighted by atomic mass is 10.0. The molecule has 0 unspecified atom stereocenters. The maximum Gasteiger partial charge on any atom is 0.273 e. The van der Waals surface area contributed by atoms with Crippen LogP contribution in [0.5, 0.6) is 5.75 Å². The van der Waals surface area contributed by atoms with Crippen LogP contribution in [0.25, 0.3) is 17.0 Å². The average molecular weight is 331 g/mol. The van der Waals surface area contributed by atoms with Crippen LogP contribution in [0.1, 0.15) is 17.7 Å². The Bertz CT molecular complexity index is 964. The Balaban J connectivity index is 1.55. The van der Waals surface area contributed by atoms with Crippen LogP contribution in [0, 0.1) is 0 Å². The number of aromatic amines is 1. The summed E-state index contributed by atoms with van der Waals surface area (Å²) in [5.74, 6) is 0.0672. The number of hydrogen-bond acceptors (Lipinski definition) is 3. The predicted octanol–water partition coefficient (Wildman–Crippen LogP) is 3.38. The lowest BCUT2D eigenvalue weighted by Crippen LogP contribution is -2.13. The summed E-state index contributed by atoms with van der Waals surface area (Å²) in [5.41, 5.74) is 6.89. The minimum absolute atomic E-state index is 0.181. The second kappa shape index (κ2) is 6.28. The summed E-state index contributed by atoms with van der Waals surface area (Å²) < 4.78 is 0. The third kappa shape index (κ3) is 3.17. The van der Waals surface area contributed by atoms with E-state index in [9.17, 15) is 9.90 Å². The number of benzene rings is 2. The Hall–Kier alpha value is -3.34. The van der Waals surface area contributed by atoms with E-state index in [0.717, 1.165) is 34.3 Å². The number of amides is 1. The van der Waals surface area contributed by atoms with Gasteiger partial charge in [0.1, 0.15) is 5.75 Å². The fraction of sp³-hybridized carbons (Fsp3) is 0.100. The summed E-state index contributed by atoms with van der Waals surface area (Å²) >= 11 is 0. The number of carbonyl (C=O) groups is 1. The predicted molar refractivity (Wildman–Crippen MR) is 98.3 cm³/mol. The molecule has 1 aliphatic rings. The molecule has 5 heteroatoms. The van der Waals surface area contributed by atoms with Crippen LogP contribution in [0.3, 0.4) is 0 Å². The third-order valence-electron chi connectivity index (χ3n) is 4.29. The fourth-order valence-electron chi connectivity index (χ4n) is 2.96. The van der Waals surface area contributed by atoms with Gasteiger partial charge in [0, 0.05) is 11.2 Å². The number of rotatable bonds is 4. The molecule has 0 radical (unpaired) electrons. The first-order valence-electron chi connectivity index (χ1n) is 8.14. The first-order chi connectivity index (χ1) is 12.2. The highest BCUT2D eigenvalue weighted by atomic mass is 16.3. The number of phenolic OH excluding ortho intramolecular Hbond substituents is 1. The number of nitrogens with one attached hydrogen (secondary N) is 2. The monoisotopic (exact) mass is 331 g/mol. The first kappa shape index (κ1) is 15.2. The largest absolute Gasteiger partial charge is 0.508 e. The van der Waals surface area contributed by atoms with E-state index in [4.69, 9.17) is 0 Å². The number of carbonyl (C=O) groups excluding carboxylic acids is 1. The van der Waals surface area contributed by atoms with E-state index in [2.05, 4.69) is 15.5 Å². The molecule has 2 heterocycles. The maximum absolute atomic E-state index is 12.1. The zero-order valence-corrected chi connectivity index (χ0v) is 13.5. The topological polar surface area (TPSA) is 77.5 Å². The van der Waals surface area contributed by atoms with Crippen LogP contribution >= 0.6 is 0 Å². The van der Waals surface area contributed by atoms with E-state index >= 15 is 0 Å². The zero-order valence-electron chi connectivity index (χ0n) is 13.5. The molecule has 25 heavy (non-hydrogen) atoms. The number of aromatic nitrogens is 1. The van der Waals surface area contributed by atoms with E-state index in [1.165, 1.54) is 0 Å². The molecule has 124 valence electrons. The molecule has 5 nitrogen and oxygen atoms in total. The molecule has 0 atom stereocenters. The minimum Gasteiger partial charge on any atom is -0.508 e. The molecule has 0 bridgehead atoms. The number of H-pyrrole nitrogens is 1. The molecular formula is C20H17N3O2. The van der Waals surface area contributed by atoms with Gasteiger partial charge in [0.2, 0.25) is 0 Å². The summed E-state index contributed by atoms with van der Waals surface area (Å²) in [6.07, 6.45) is 3.24. The summed E-state index contributed by atoms with van der Waals surface area (Å²) in [6, 6.07) is 17.1. The lowest BCUT2D eigenvalue weighted by molar-refractivity contribution is -0.116. The van der Waals surface area contributed by atoms with E-state index in [1.807, 2.05) is 48.5 Å². The summed E-state index contributed by atoms with van der Waals surface area (Å²) in [6.45, 7) is 0. The van der Waals surface area contributed by atoms with Crippen molar-refractivity contribution in [2.45, 2.75) is 12.8 Å². The zero-order chi connectivity index (χ0) is 17.2. The van der Waals surface area contributed by atoms with Crippen LogP contribution in [0.2, 0.25) is 0 Å². The van der Waals surface area contributed by atoms with Gasteiger partial charge in [-0.1, -0.05) is 30.3 Å². The van der Waals surface area contributed by atoms with Crippen molar-refractivity contribution in [3.8, 4) is 5.75 Å². The molecule has 0 fully saturated rings. The van der Waals surface area contributed by atoms with Crippen molar-refractivity contribution < 1.29 is 9.90 Å². The second-order valence-electron chi connectivity index (χ2n) is 6.04. The van der Waals surface area contributed by atoms with Gasteiger partial charge < -0.3 is 10.1 Å². The van der Waals surface area contributed by atoms with E-state index < -0.39 is 0 Å². The van der Waals surface area contributed by atoms with Gasteiger partial charge in [-0.25, -0.2) is 5.43 Å². The molecule has 0 spiro atoms. The van der Waals surface area contributed by atoms with Crippen molar-refractivity contribution in [2.24, 2.45) is 5.10 Å². The Morgan fingerprint density at radius 2 is 1.84 bits per heavy atom. The molecule has 3 aromatic rings. The maximum atomic E-state index is 12.1. The Kier molecular flexibility index (Phi) is 3.82. The normalized spacial score (nSPS) is 15.6. The van der Waals surface area contributed by atoms with Crippen molar-refractivity contribution in [1.82, 2.24) is 10.4 Å². The van der Waals surface area contributed by atoms with Gasteiger partial charge in [0.15, 0.2) is 0 Å². The van der Waals surface area contributed by atoms with Crippen LogP contribution in [-0.4, -0.2) is 21.7 Å². The molecule has 1 aromatic heterocycles. The SMILES string of the molecule is O=C1NN=C(CCc2ccc(O)cc2)C1=Cc1cc2ccccc2[nH]1. The van der Waals surface area contributed by atoms with Gasteiger partial charge in [0.25, 0.3) is 5.91 Å². The number of hydrogen-bond donors (Lipinski definition) is 3. The van der Waals surface area contributed by atoms with Crippen molar-refractivity contribution in [2.75, 3.05) is 0 Å². The molecule has 0 saturated heterocycles. The lowest BCUT2D eigenvalue weighted by Gasteiger charge is -2.02. The number of aryl methyl sites for hydroxylation is 1. The summed E-state index contributed by atoms with van der Waals surface area (Å²) in [4.78, 5) is 15.4. The van der Waals surface area contributed by atoms with Crippen LogP contribution < -0.4 is 5.43 Å². The Labute approximate surface area is 144 Å². The standard InChI is InChI=1S/C20H17N3O2/c24-16-8-5-13(6-9-16)7-10-19-17(20(25)23-22-19)12-15-11-14-3-1-2-4-18(14)21-15/h1-6,8-9,11-12,21,24H,7,10H2,(H,23,25). The summed E-state index contributed by atoms with van der Waals surface area (Å²) in [7, 11) is 0. The van der Waals surface area contributed by atoms with Crippen LogP contribution in [-0.2, 0) is 11.2 Å². The Morgan fingerprint density at radius 1 is 1.04 bits per heavy atom. The number of phenols is 1. The first-order valence-corrected chi connectivity index (χ1v) is 8.14. The average Bonchev–Trinajstić information content (AvgIpc) is 3.18. The highest BCUT2D eigenvalue weighted by Gasteiger charge is 2.22. The van der Waals surface area contributed by atoms with E-state index in [1.54, 1.807) is 12.1 Å². The highest BCUT2D eigenvalue weighted by molar-refractivity contribution is 6.27. The molecule has 4 rings (SSSR count). The van der Waals surface area contributed by atoms with Gasteiger partial charge in [-0.05, 0) is 54.1 Å². The molecule has 0 saturated carbocycles. The number of hydrazone groups is 1. The van der Waals surface area contributed by atoms with Gasteiger partial charge in [0.05, 0.1) is 11.3 Å². The van der Waals surface area contributed by atoms with E-state index in [0.29, 0.717) is 12.0 Å². The van der Waals surface area contributed by atoms with Crippen LogP contribution in [0.4, 0.5) is 0 Å². The number of para-hydroxylation sites is 1. The van der Waals surface area contributed by atoms with Crippen molar-refractivity contribution in [3.63, 3.8) is 0 Å². The molecule has 3 N–H and O–H groups in total. The van der Waals surface area contributed by atoms with Crippen LogP contribution in [0.15, 0.2) is 65.3 Å². The van der Waals surface area contributed by atoms with Crippen molar-refractivity contribution in [3.05, 3.63) is 71.4 Å². The van der Waals surface area contributed by atoms with E-state index in [-0.39, 0.29) is 11.7 Å². The van der Waals surface area contributed by atoms with Crippen molar-refractivity contribution >= 4 is 28.6 Å². The quantitative estimate of drug-likeness (QED) is 0.641.